The third-order valence-electron chi connectivity index (χ3n) is 3.59. The van der Waals surface area contributed by atoms with Crippen LogP contribution < -0.4 is 10.1 Å². The summed E-state index contributed by atoms with van der Waals surface area (Å²) in [6, 6.07) is 6.23. The zero-order chi connectivity index (χ0) is 20.0. The van der Waals surface area contributed by atoms with Gasteiger partial charge in [-0.15, -0.1) is 0 Å². The van der Waals surface area contributed by atoms with Crippen LogP contribution in [0.2, 0.25) is 5.02 Å². The van der Waals surface area contributed by atoms with E-state index in [-0.39, 0.29) is 29.0 Å². The van der Waals surface area contributed by atoms with Crippen molar-refractivity contribution in [2.45, 2.75) is 32.4 Å². The fourth-order valence-corrected chi connectivity index (χ4v) is 2.51. The summed E-state index contributed by atoms with van der Waals surface area (Å²) >= 11 is 6.11. The number of carbonyl (C=O) groups is 2. The Morgan fingerprint density at radius 1 is 1.26 bits per heavy atom. The van der Waals surface area contributed by atoms with Gasteiger partial charge in [-0.05, 0) is 37.6 Å². The van der Waals surface area contributed by atoms with Gasteiger partial charge in [0, 0.05) is 6.20 Å². The molecule has 6 nitrogen and oxygen atoms in total. The molecule has 1 aromatic carbocycles. The third-order valence-corrected chi connectivity index (χ3v) is 3.86. The lowest BCUT2D eigenvalue weighted by atomic mass is 10.0. The highest BCUT2D eigenvalue weighted by Crippen LogP contribution is 2.24. The molecule has 2 aromatic rings. The maximum Gasteiger partial charge on any atom is 0.307 e. The quantitative estimate of drug-likeness (QED) is 0.724. The Bertz CT molecular complexity index is 812. The molecule has 1 aromatic heterocycles. The Kier molecular flexibility index (Phi) is 7.12. The molecule has 0 spiro atoms. The molecule has 8 heteroatoms. The SMILES string of the molecule is COC(=O)CC(NC(=O)c1cnc(OC(C)C)c(Cl)c1)c1ccc(F)cc1. The first kappa shape index (κ1) is 20.6. The normalized spacial score (nSPS) is 11.8. The standard InChI is InChI=1S/C19H20ClFN2O4/c1-11(2)27-19-15(20)8-13(10-22-19)18(25)23-16(9-17(24)26-3)12-4-6-14(21)7-5-12/h4-8,10-11,16H,9H2,1-3H3,(H,23,25). The Labute approximate surface area is 161 Å². The summed E-state index contributed by atoms with van der Waals surface area (Å²) in [6.07, 6.45) is 1.11. The van der Waals surface area contributed by atoms with Gasteiger partial charge in [-0.25, -0.2) is 9.37 Å². The van der Waals surface area contributed by atoms with E-state index in [1.54, 1.807) is 0 Å². The van der Waals surface area contributed by atoms with Crippen molar-refractivity contribution in [3.8, 4) is 5.88 Å². The molecule has 0 aliphatic carbocycles. The number of hydrogen-bond donors (Lipinski definition) is 1. The monoisotopic (exact) mass is 394 g/mol. The molecule has 0 fully saturated rings. The molecule has 1 amide bonds. The molecule has 0 aliphatic heterocycles. The van der Waals surface area contributed by atoms with E-state index in [0.717, 1.165) is 0 Å². The number of carbonyl (C=O) groups excluding carboxylic acids is 2. The number of ether oxygens (including phenoxy) is 2. The molecule has 0 saturated heterocycles. The summed E-state index contributed by atoms with van der Waals surface area (Å²) in [5, 5.41) is 2.92. The minimum atomic E-state index is -0.698. The highest BCUT2D eigenvalue weighted by Gasteiger charge is 2.21. The number of nitrogens with zero attached hydrogens (tertiary/aromatic N) is 1. The summed E-state index contributed by atoms with van der Waals surface area (Å²) in [7, 11) is 1.25. The van der Waals surface area contributed by atoms with E-state index in [2.05, 4.69) is 15.0 Å². The van der Waals surface area contributed by atoms with Crippen LogP contribution in [0.25, 0.3) is 0 Å². The van der Waals surface area contributed by atoms with Crippen LogP contribution in [0.3, 0.4) is 0 Å². The van der Waals surface area contributed by atoms with Crippen LogP contribution in [0, 0.1) is 5.82 Å². The van der Waals surface area contributed by atoms with Gasteiger partial charge in [-0.1, -0.05) is 23.7 Å². The van der Waals surface area contributed by atoms with E-state index >= 15 is 0 Å². The van der Waals surface area contributed by atoms with Crippen LogP contribution in [-0.2, 0) is 9.53 Å². The van der Waals surface area contributed by atoms with Gasteiger partial charge in [0.1, 0.15) is 10.8 Å². The highest BCUT2D eigenvalue weighted by molar-refractivity contribution is 6.32. The van der Waals surface area contributed by atoms with Crippen molar-refractivity contribution < 1.29 is 23.5 Å². The molecular formula is C19H20ClFN2O4. The van der Waals surface area contributed by atoms with Crippen LogP contribution in [0.1, 0.15) is 42.2 Å². The summed E-state index contributed by atoms with van der Waals surface area (Å²) in [4.78, 5) is 28.3. The number of methoxy groups -OCH3 is 1. The predicted molar refractivity (Wildman–Crippen MR) is 98.3 cm³/mol. The zero-order valence-electron chi connectivity index (χ0n) is 15.2. The molecule has 0 aliphatic rings. The first-order valence-electron chi connectivity index (χ1n) is 8.25. The minimum Gasteiger partial charge on any atom is -0.474 e. The van der Waals surface area contributed by atoms with Crippen molar-refractivity contribution in [1.29, 1.82) is 0 Å². The number of benzene rings is 1. The van der Waals surface area contributed by atoms with Crippen molar-refractivity contribution in [2.24, 2.45) is 0 Å². The van der Waals surface area contributed by atoms with Gasteiger partial charge in [0.05, 0.1) is 31.2 Å². The number of hydrogen-bond acceptors (Lipinski definition) is 5. The number of esters is 1. The number of aromatic nitrogens is 1. The Morgan fingerprint density at radius 2 is 1.93 bits per heavy atom. The van der Waals surface area contributed by atoms with Gasteiger partial charge in [-0.2, -0.15) is 0 Å². The van der Waals surface area contributed by atoms with E-state index < -0.39 is 23.7 Å². The first-order chi connectivity index (χ1) is 12.8. The average Bonchev–Trinajstić information content (AvgIpc) is 2.62. The van der Waals surface area contributed by atoms with Gasteiger partial charge >= 0.3 is 5.97 Å². The second kappa shape index (κ2) is 9.32. The minimum absolute atomic E-state index is 0.108. The van der Waals surface area contributed by atoms with E-state index in [1.165, 1.54) is 43.6 Å². The molecule has 1 atom stereocenters. The van der Waals surface area contributed by atoms with Crippen molar-refractivity contribution in [3.63, 3.8) is 0 Å². The van der Waals surface area contributed by atoms with Crippen molar-refractivity contribution in [3.05, 3.63) is 58.5 Å². The van der Waals surface area contributed by atoms with Gasteiger partial charge in [-0.3, -0.25) is 9.59 Å². The Hall–Kier alpha value is -2.67. The largest absolute Gasteiger partial charge is 0.474 e. The molecule has 0 bridgehead atoms. The van der Waals surface area contributed by atoms with Crippen molar-refractivity contribution in [2.75, 3.05) is 7.11 Å². The molecule has 27 heavy (non-hydrogen) atoms. The van der Waals surface area contributed by atoms with E-state index in [0.29, 0.717) is 5.56 Å². The molecule has 1 N–H and O–H groups in total. The van der Waals surface area contributed by atoms with Crippen LogP contribution in [0.5, 0.6) is 5.88 Å². The predicted octanol–water partition coefficient (Wildman–Crippen LogP) is 3.70. The molecule has 0 saturated carbocycles. The molecular weight excluding hydrogens is 375 g/mol. The van der Waals surface area contributed by atoms with E-state index in [1.807, 2.05) is 13.8 Å². The number of halogens is 2. The summed E-state index contributed by atoms with van der Waals surface area (Å²) in [5.74, 6) is -1.19. The van der Waals surface area contributed by atoms with E-state index in [4.69, 9.17) is 16.3 Å². The van der Waals surface area contributed by atoms with Gasteiger partial charge in [0.15, 0.2) is 0 Å². The molecule has 0 radical (unpaired) electrons. The molecule has 1 unspecified atom stereocenters. The topological polar surface area (TPSA) is 77.5 Å². The maximum absolute atomic E-state index is 13.2. The van der Waals surface area contributed by atoms with Gasteiger partial charge in [0.2, 0.25) is 5.88 Å². The fraction of sp³-hybridized carbons (Fsp3) is 0.316. The summed E-state index contributed by atoms with van der Waals surface area (Å²) in [6.45, 7) is 3.66. The number of nitrogens with one attached hydrogen (secondary N) is 1. The summed E-state index contributed by atoms with van der Waals surface area (Å²) < 4.78 is 23.3. The summed E-state index contributed by atoms with van der Waals surface area (Å²) in [5.41, 5.74) is 0.766. The van der Waals surface area contributed by atoms with E-state index in [9.17, 15) is 14.0 Å². The lowest BCUT2D eigenvalue weighted by Gasteiger charge is -2.18. The Balaban J connectivity index is 2.20. The fourth-order valence-electron chi connectivity index (χ4n) is 2.30. The van der Waals surface area contributed by atoms with Crippen LogP contribution in [0.15, 0.2) is 36.5 Å². The number of rotatable bonds is 7. The smallest absolute Gasteiger partial charge is 0.307 e. The van der Waals surface area contributed by atoms with Gasteiger partial charge < -0.3 is 14.8 Å². The van der Waals surface area contributed by atoms with Gasteiger partial charge in [0.25, 0.3) is 5.91 Å². The van der Waals surface area contributed by atoms with Crippen molar-refractivity contribution in [1.82, 2.24) is 10.3 Å². The molecule has 1 heterocycles. The first-order valence-corrected chi connectivity index (χ1v) is 8.63. The second-order valence-corrected chi connectivity index (χ2v) is 6.44. The lowest BCUT2D eigenvalue weighted by molar-refractivity contribution is -0.141. The number of pyridine rings is 1. The average molecular weight is 395 g/mol. The van der Waals surface area contributed by atoms with Crippen LogP contribution in [0.4, 0.5) is 4.39 Å². The zero-order valence-corrected chi connectivity index (χ0v) is 15.9. The molecule has 2 rings (SSSR count). The second-order valence-electron chi connectivity index (χ2n) is 6.04. The maximum atomic E-state index is 13.2. The third kappa shape index (κ3) is 5.92. The molecule has 144 valence electrons. The Morgan fingerprint density at radius 3 is 2.48 bits per heavy atom. The van der Waals surface area contributed by atoms with Crippen LogP contribution in [-0.4, -0.2) is 30.1 Å². The van der Waals surface area contributed by atoms with Crippen molar-refractivity contribution >= 4 is 23.5 Å². The number of amides is 1. The lowest BCUT2D eigenvalue weighted by Crippen LogP contribution is -2.30. The van der Waals surface area contributed by atoms with Crippen LogP contribution >= 0.6 is 11.6 Å². The highest BCUT2D eigenvalue weighted by atomic mass is 35.5.